The molecule has 1 saturated heterocycles. The average Bonchev–Trinajstić information content (AvgIpc) is 3.36. The minimum atomic E-state index is -3.65. The van der Waals surface area contributed by atoms with Gasteiger partial charge in [-0.15, -0.1) is 0 Å². The molecule has 0 bridgehead atoms. The number of thiazole rings is 1. The highest BCUT2D eigenvalue weighted by atomic mass is 32.2. The van der Waals surface area contributed by atoms with Crippen molar-refractivity contribution in [3.05, 3.63) is 77.6 Å². The van der Waals surface area contributed by atoms with Crippen molar-refractivity contribution >= 4 is 42.6 Å². The van der Waals surface area contributed by atoms with Gasteiger partial charge in [-0.05, 0) is 79.8 Å². The first-order chi connectivity index (χ1) is 18.3. The third-order valence-electron chi connectivity index (χ3n) is 6.87. The Morgan fingerprint density at radius 2 is 1.87 bits per heavy atom. The zero-order chi connectivity index (χ0) is 26.9. The fraction of sp³-hybridized carbons (Fsp3) is 0.321. The molecule has 5 rings (SSSR count). The molecule has 0 saturated carbocycles. The van der Waals surface area contributed by atoms with Crippen LogP contribution in [0.2, 0.25) is 0 Å². The van der Waals surface area contributed by atoms with Crippen LogP contribution >= 0.6 is 11.3 Å². The largest absolute Gasteiger partial charge is 0.497 e. The van der Waals surface area contributed by atoms with Crippen LogP contribution in [0.5, 0.6) is 5.75 Å². The van der Waals surface area contributed by atoms with E-state index >= 15 is 0 Å². The molecule has 2 aromatic heterocycles. The first-order valence-corrected chi connectivity index (χ1v) is 14.7. The summed E-state index contributed by atoms with van der Waals surface area (Å²) in [7, 11) is -2.11. The van der Waals surface area contributed by atoms with Gasteiger partial charge in [0.25, 0.3) is 0 Å². The van der Waals surface area contributed by atoms with E-state index in [-0.39, 0.29) is 29.8 Å². The van der Waals surface area contributed by atoms with Gasteiger partial charge in [0.05, 0.1) is 28.8 Å². The second-order valence-corrected chi connectivity index (χ2v) is 12.5. The Morgan fingerprint density at radius 1 is 1.13 bits per heavy atom. The number of fused-ring (bicyclic) bond motifs is 1. The molecule has 1 aliphatic heterocycles. The van der Waals surface area contributed by atoms with E-state index < -0.39 is 10.0 Å². The van der Waals surface area contributed by atoms with E-state index in [1.54, 1.807) is 48.7 Å². The number of anilines is 1. The summed E-state index contributed by atoms with van der Waals surface area (Å²) < 4.78 is 34.1. The molecule has 1 aliphatic rings. The number of carbonyl (C=O) groups is 1. The van der Waals surface area contributed by atoms with E-state index in [0.717, 1.165) is 26.9 Å². The molecule has 2 aromatic carbocycles. The van der Waals surface area contributed by atoms with Crippen LogP contribution in [0.3, 0.4) is 0 Å². The highest BCUT2D eigenvalue weighted by Gasteiger charge is 2.35. The lowest BCUT2D eigenvalue weighted by molar-refractivity contribution is -0.123. The zero-order valence-corrected chi connectivity index (χ0v) is 23.3. The highest BCUT2D eigenvalue weighted by molar-refractivity contribution is 7.89. The van der Waals surface area contributed by atoms with Crippen LogP contribution in [-0.4, -0.2) is 48.8 Å². The van der Waals surface area contributed by atoms with E-state index in [4.69, 9.17) is 9.72 Å². The summed E-state index contributed by atoms with van der Waals surface area (Å²) in [4.78, 5) is 24.9. The Labute approximate surface area is 227 Å². The highest BCUT2D eigenvalue weighted by Crippen LogP contribution is 2.35. The maximum absolute atomic E-state index is 13.9. The van der Waals surface area contributed by atoms with Crippen molar-refractivity contribution in [2.24, 2.45) is 5.92 Å². The van der Waals surface area contributed by atoms with E-state index in [1.807, 2.05) is 25.1 Å². The van der Waals surface area contributed by atoms with Crippen molar-refractivity contribution < 1.29 is 17.9 Å². The molecular formula is C28H30N4O4S2. The maximum atomic E-state index is 13.9. The Bertz CT molecular complexity index is 1550. The number of hydrogen-bond donors (Lipinski definition) is 0. The van der Waals surface area contributed by atoms with Crippen LogP contribution in [-0.2, 0) is 21.4 Å². The molecule has 198 valence electrons. The van der Waals surface area contributed by atoms with E-state index in [1.165, 1.54) is 15.6 Å². The molecule has 0 atom stereocenters. The van der Waals surface area contributed by atoms with Crippen molar-refractivity contribution in [3.63, 3.8) is 0 Å². The lowest BCUT2D eigenvalue weighted by Gasteiger charge is -2.33. The number of aryl methyl sites for hydroxylation is 2. The normalized spacial score (nSPS) is 15.0. The van der Waals surface area contributed by atoms with Gasteiger partial charge >= 0.3 is 0 Å². The quantitative estimate of drug-likeness (QED) is 0.323. The zero-order valence-electron chi connectivity index (χ0n) is 21.6. The summed E-state index contributed by atoms with van der Waals surface area (Å²) >= 11 is 1.51. The lowest BCUT2D eigenvalue weighted by atomic mass is 9.96. The maximum Gasteiger partial charge on any atom is 0.243 e. The van der Waals surface area contributed by atoms with Gasteiger partial charge in [-0.25, -0.2) is 13.4 Å². The first kappa shape index (κ1) is 26.3. The minimum absolute atomic E-state index is 0.0382. The minimum Gasteiger partial charge on any atom is -0.497 e. The second-order valence-electron chi connectivity index (χ2n) is 9.57. The predicted molar refractivity (Wildman–Crippen MR) is 149 cm³/mol. The summed E-state index contributed by atoms with van der Waals surface area (Å²) in [6.45, 7) is 5.02. The fourth-order valence-corrected chi connectivity index (χ4v) is 7.34. The Hall–Kier alpha value is -3.34. The summed E-state index contributed by atoms with van der Waals surface area (Å²) in [6, 6.07) is 14.3. The van der Waals surface area contributed by atoms with Crippen molar-refractivity contribution in [2.45, 2.75) is 38.1 Å². The Morgan fingerprint density at radius 3 is 2.53 bits per heavy atom. The van der Waals surface area contributed by atoms with Gasteiger partial charge in [-0.1, -0.05) is 23.5 Å². The van der Waals surface area contributed by atoms with E-state index in [0.29, 0.717) is 30.3 Å². The van der Waals surface area contributed by atoms with Crippen molar-refractivity contribution in [1.82, 2.24) is 14.3 Å². The molecule has 1 amide bonds. The molecule has 0 aliphatic carbocycles. The number of methoxy groups -OCH3 is 1. The number of amides is 1. The third kappa shape index (κ3) is 5.29. The third-order valence-corrected chi connectivity index (χ3v) is 10.0. The number of benzene rings is 2. The van der Waals surface area contributed by atoms with Gasteiger partial charge in [-0.3, -0.25) is 14.7 Å². The Balaban J connectivity index is 1.37. The van der Waals surface area contributed by atoms with Gasteiger partial charge in [0, 0.05) is 31.4 Å². The number of carbonyl (C=O) groups excluding carboxylic acids is 1. The Kier molecular flexibility index (Phi) is 7.47. The van der Waals surface area contributed by atoms with Crippen LogP contribution < -0.4 is 9.64 Å². The number of rotatable bonds is 7. The van der Waals surface area contributed by atoms with Gasteiger partial charge in [0.2, 0.25) is 15.9 Å². The number of hydrogen-bond acceptors (Lipinski definition) is 7. The van der Waals surface area contributed by atoms with E-state index in [2.05, 4.69) is 18.0 Å². The van der Waals surface area contributed by atoms with Gasteiger partial charge in [0.1, 0.15) is 5.75 Å². The number of aromatic nitrogens is 2. The lowest BCUT2D eigenvalue weighted by Crippen LogP contribution is -2.44. The molecule has 10 heteroatoms. The summed E-state index contributed by atoms with van der Waals surface area (Å²) in [5.74, 6) is 0.259. The van der Waals surface area contributed by atoms with E-state index in [9.17, 15) is 13.2 Å². The van der Waals surface area contributed by atoms with Gasteiger partial charge in [0.15, 0.2) is 5.13 Å². The molecule has 0 N–H and O–H groups in total. The molecule has 0 radical (unpaired) electrons. The molecule has 8 nitrogen and oxygen atoms in total. The molecule has 0 spiro atoms. The molecule has 38 heavy (non-hydrogen) atoms. The number of pyridine rings is 1. The smallest absolute Gasteiger partial charge is 0.243 e. The number of nitrogens with zero attached hydrogens (tertiary/aromatic N) is 4. The van der Waals surface area contributed by atoms with Gasteiger partial charge in [-0.2, -0.15) is 4.31 Å². The fourth-order valence-electron chi connectivity index (χ4n) is 4.85. The monoisotopic (exact) mass is 550 g/mol. The van der Waals surface area contributed by atoms with Crippen molar-refractivity contribution in [2.75, 3.05) is 25.1 Å². The first-order valence-electron chi connectivity index (χ1n) is 12.5. The van der Waals surface area contributed by atoms with Crippen LogP contribution in [0.1, 0.15) is 29.5 Å². The molecule has 4 aromatic rings. The van der Waals surface area contributed by atoms with Crippen LogP contribution in [0, 0.1) is 19.8 Å². The van der Waals surface area contributed by atoms with Crippen molar-refractivity contribution in [3.8, 4) is 5.75 Å². The summed E-state index contributed by atoms with van der Waals surface area (Å²) in [6.07, 6.45) is 4.35. The topological polar surface area (TPSA) is 92.7 Å². The van der Waals surface area contributed by atoms with Crippen molar-refractivity contribution in [1.29, 1.82) is 0 Å². The molecular weight excluding hydrogens is 520 g/mol. The van der Waals surface area contributed by atoms with Gasteiger partial charge < -0.3 is 4.74 Å². The van der Waals surface area contributed by atoms with Crippen LogP contribution in [0.4, 0.5) is 5.13 Å². The standard InChI is InChI=1S/C28H30N4O4S2/c1-19-15-20(2)26-25(16-19)30-28(37-26)32(18-21-5-4-12-29-17-21)27(33)22-10-13-31(14-11-22)38(34,35)24-8-6-23(36-3)7-9-24/h4-9,12,15-17,22H,10-11,13-14,18H2,1-3H3. The van der Waals surface area contributed by atoms with Crippen LogP contribution in [0.15, 0.2) is 65.8 Å². The molecule has 1 fully saturated rings. The number of ether oxygens (including phenoxy) is 1. The summed E-state index contributed by atoms with van der Waals surface area (Å²) in [5, 5.41) is 0.649. The number of sulfonamides is 1. The molecule has 3 heterocycles. The SMILES string of the molecule is COc1ccc(S(=O)(=O)N2CCC(C(=O)N(Cc3cccnc3)c3nc4cc(C)cc(C)c4s3)CC2)cc1. The predicted octanol–water partition coefficient (Wildman–Crippen LogP) is 4.95. The number of piperidine rings is 1. The average molecular weight is 551 g/mol. The molecule has 0 unspecified atom stereocenters. The van der Waals surface area contributed by atoms with Crippen LogP contribution in [0.25, 0.3) is 10.2 Å². The second kappa shape index (κ2) is 10.8. The summed E-state index contributed by atoms with van der Waals surface area (Å²) in [5.41, 5.74) is 4.05.